The largest absolute Gasteiger partial charge is 0.393 e. The molecule has 0 bridgehead atoms. The summed E-state index contributed by atoms with van der Waals surface area (Å²) < 4.78 is 0. The van der Waals surface area contributed by atoms with Gasteiger partial charge < -0.3 is 15.7 Å². The van der Waals surface area contributed by atoms with Crippen molar-refractivity contribution in [3.63, 3.8) is 0 Å². The molecule has 1 spiro atoms. The number of hydrogen-bond acceptors (Lipinski definition) is 3. The lowest BCUT2D eigenvalue weighted by Crippen LogP contribution is -2.39. The molecule has 5 nitrogen and oxygen atoms in total. The maximum atomic E-state index is 12.9. The maximum absolute atomic E-state index is 12.9. The van der Waals surface area contributed by atoms with Crippen molar-refractivity contribution < 1.29 is 14.7 Å². The fraction of sp³-hybridized carbons (Fsp3) is 0.440. The van der Waals surface area contributed by atoms with Crippen LogP contribution in [0.15, 0.2) is 36.4 Å². The summed E-state index contributed by atoms with van der Waals surface area (Å²) in [5.41, 5.74) is 5.15. The van der Waals surface area contributed by atoms with E-state index in [4.69, 9.17) is 0 Å². The number of amides is 2. The molecular formula is C25H28N2O3. The van der Waals surface area contributed by atoms with Crippen molar-refractivity contribution >= 4 is 17.5 Å². The van der Waals surface area contributed by atoms with Gasteiger partial charge in [0.15, 0.2) is 0 Å². The van der Waals surface area contributed by atoms with E-state index < -0.39 is 5.41 Å². The Hall–Kier alpha value is -2.66. The lowest BCUT2D eigenvalue weighted by molar-refractivity contribution is -0.122. The summed E-state index contributed by atoms with van der Waals surface area (Å²) in [4.78, 5) is 25.4. The Labute approximate surface area is 176 Å². The number of carbonyl (C=O) groups is 2. The van der Waals surface area contributed by atoms with Crippen molar-refractivity contribution in [3.05, 3.63) is 53.1 Å². The number of aliphatic hydroxyl groups excluding tert-OH is 1. The highest BCUT2D eigenvalue weighted by atomic mass is 16.3. The summed E-state index contributed by atoms with van der Waals surface area (Å²) in [5.74, 6) is 0.663. The van der Waals surface area contributed by atoms with E-state index in [0.717, 1.165) is 34.5 Å². The van der Waals surface area contributed by atoms with Crippen molar-refractivity contribution in [2.75, 3.05) is 11.9 Å². The topological polar surface area (TPSA) is 78.4 Å². The van der Waals surface area contributed by atoms with Gasteiger partial charge in [0, 0.05) is 17.8 Å². The molecule has 2 saturated carbocycles. The van der Waals surface area contributed by atoms with Crippen LogP contribution < -0.4 is 10.6 Å². The average Bonchev–Trinajstić information content (AvgIpc) is 3.53. The van der Waals surface area contributed by atoms with Gasteiger partial charge in [-0.3, -0.25) is 9.59 Å². The van der Waals surface area contributed by atoms with Crippen molar-refractivity contribution in [2.45, 2.75) is 57.0 Å². The number of hydrogen-bond donors (Lipinski definition) is 3. The first kappa shape index (κ1) is 19.3. The number of aryl methyl sites for hydroxylation is 1. The van der Waals surface area contributed by atoms with E-state index in [1.807, 2.05) is 31.2 Å². The number of benzene rings is 2. The minimum Gasteiger partial charge on any atom is -0.393 e. The van der Waals surface area contributed by atoms with Crippen LogP contribution in [0, 0.1) is 12.8 Å². The molecule has 2 aliphatic carbocycles. The van der Waals surface area contributed by atoms with Gasteiger partial charge in [0.25, 0.3) is 5.91 Å². The van der Waals surface area contributed by atoms with Gasteiger partial charge in [-0.15, -0.1) is 0 Å². The molecule has 0 saturated heterocycles. The van der Waals surface area contributed by atoms with E-state index in [-0.39, 0.29) is 17.9 Å². The van der Waals surface area contributed by atoms with Gasteiger partial charge in [-0.1, -0.05) is 18.2 Å². The minimum absolute atomic E-state index is 0.0303. The van der Waals surface area contributed by atoms with Crippen LogP contribution in [0.5, 0.6) is 0 Å². The third-order valence-corrected chi connectivity index (χ3v) is 7.09. The summed E-state index contributed by atoms with van der Waals surface area (Å²) >= 11 is 0. The van der Waals surface area contributed by atoms with Crippen molar-refractivity contribution in [3.8, 4) is 11.1 Å². The van der Waals surface area contributed by atoms with Crippen molar-refractivity contribution in [1.29, 1.82) is 0 Å². The Kier molecular flexibility index (Phi) is 4.66. The van der Waals surface area contributed by atoms with Crippen LogP contribution in [0.1, 0.15) is 60.0 Å². The van der Waals surface area contributed by atoms with E-state index in [1.165, 1.54) is 12.8 Å². The van der Waals surface area contributed by atoms with E-state index in [2.05, 4.69) is 22.8 Å². The number of carbonyl (C=O) groups excluding carboxylic acids is 2. The Morgan fingerprint density at radius 1 is 1.13 bits per heavy atom. The molecule has 5 heteroatoms. The SMILES string of the molecule is Cc1ccc(C(=O)NCC2CC2)cc1-c1ccc2c(c1)NC(=O)C21CCC(O)CC1. The highest BCUT2D eigenvalue weighted by Gasteiger charge is 2.48. The van der Waals surface area contributed by atoms with Gasteiger partial charge in [0.2, 0.25) is 5.91 Å². The van der Waals surface area contributed by atoms with E-state index in [0.29, 0.717) is 37.2 Å². The molecule has 2 fully saturated rings. The molecule has 2 amide bonds. The molecule has 5 rings (SSSR count). The quantitative estimate of drug-likeness (QED) is 0.723. The molecule has 0 radical (unpaired) electrons. The van der Waals surface area contributed by atoms with Gasteiger partial charge in [-0.25, -0.2) is 0 Å². The summed E-state index contributed by atoms with van der Waals surface area (Å²) in [6.45, 7) is 2.79. The van der Waals surface area contributed by atoms with Crippen molar-refractivity contribution in [1.82, 2.24) is 5.32 Å². The van der Waals surface area contributed by atoms with Gasteiger partial charge in [0.1, 0.15) is 0 Å². The lowest BCUT2D eigenvalue weighted by atomic mass is 9.69. The number of fused-ring (bicyclic) bond motifs is 2. The first-order chi connectivity index (χ1) is 14.5. The predicted octanol–water partition coefficient (Wildman–Crippen LogP) is 3.93. The summed E-state index contributed by atoms with van der Waals surface area (Å²) in [6, 6.07) is 11.9. The number of nitrogens with one attached hydrogen (secondary N) is 2. The second-order valence-electron chi connectivity index (χ2n) is 9.21. The van der Waals surface area contributed by atoms with Gasteiger partial charge in [-0.05, 0) is 91.8 Å². The molecule has 2 aromatic carbocycles. The highest BCUT2D eigenvalue weighted by molar-refractivity contribution is 6.07. The standard InChI is InChI=1S/C25H28N2O3/c1-15-2-5-18(23(29)26-14-16-3-4-16)12-20(15)17-6-7-21-22(13-17)27-24(30)25(21)10-8-19(28)9-11-25/h2,5-7,12-13,16,19,28H,3-4,8-11,14H2,1H3,(H,26,29)(H,27,30). The molecule has 30 heavy (non-hydrogen) atoms. The third-order valence-electron chi connectivity index (χ3n) is 7.09. The number of rotatable bonds is 4. The molecule has 3 N–H and O–H groups in total. The highest BCUT2D eigenvalue weighted by Crippen LogP contribution is 2.48. The smallest absolute Gasteiger partial charge is 0.251 e. The fourth-order valence-electron chi connectivity index (χ4n) is 4.92. The van der Waals surface area contributed by atoms with Crippen LogP contribution in [0.4, 0.5) is 5.69 Å². The second kappa shape index (κ2) is 7.24. The molecule has 1 aliphatic heterocycles. The Morgan fingerprint density at radius 2 is 1.90 bits per heavy atom. The first-order valence-corrected chi connectivity index (χ1v) is 11.0. The minimum atomic E-state index is -0.507. The van der Waals surface area contributed by atoms with Crippen LogP contribution in [0.3, 0.4) is 0 Å². The molecule has 0 atom stereocenters. The van der Waals surface area contributed by atoms with Crippen LogP contribution in [0.25, 0.3) is 11.1 Å². The zero-order valence-corrected chi connectivity index (χ0v) is 17.3. The van der Waals surface area contributed by atoms with Gasteiger partial charge in [0.05, 0.1) is 11.5 Å². The molecule has 1 heterocycles. The average molecular weight is 405 g/mol. The lowest BCUT2D eigenvalue weighted by Gasteiger charge is -2.33. The van der Waals surface area contributed by atoms with Crippen LogP contribution in [0.2, 0.25) is 0 Å². The Balaban J connectivity index is 1.44. The molecule has 0 aromatic heterocycles. The summed E-state index contributed by atoms with van der Waals surface area (Å²) in [7, 11) is 0. The maximum Gasteiger partial charge on any atom is 0.251 e. The number of aliphatic hydroxyl groups is 1. The monoisotopic (exact) mass is 404 g/mol. The molecule has 0 unspecified atom stereocenters. The van der Waals surface area contributed by atoms with E-state index in [1.54, 1.807) is 0 Å². The zero-order valence-electron chi connectivity index (χ0n) is 17.3. The zero-order chi connectivity index (χ0) is 20.9. The van der Waals surface area contributed by atoms with Crippen LogP contribution >= 0.6 is 0 Å². The van der Waals surface area contributed by atoms with Crippen molar-refractivity contribution in [2.24, 2.45) is 5.92 Å². The number of anilines is 1. The summed E-state index contributed by atoms with van der Waals surface area (Å²) in [5, 5.41) is 16.0. The summed E-state index contributed by atoms with van der Waals surface area (Å²) in [6.07, 6.45) is 4.80. The first-order valence-electron chi connectivity index (χ1n) is 11.0. The fourth-order valence-corrected chi connectivity index (χ4v) is 4.92. The molecule has 156 valence electrons. The second-order valence-corrected chi connectivity index (χ2v) is 9.21. The molecule has 2 aromatic rings. The Bertz CT molecular complexity index is 1020. The van der Waals surface area contributed by atoms with Gasteiger partial charge >= 0.3 is 0 Å². The predicted molar refractivity (Wildman–Crippen MR) is 116 cm³/mol. The Morgan fingerprint density at radius 3 is 2.63 bits per heavy atom. The van der Waals surface area contributed by atoms with Crippen LogP contribution in [-0.2, 0) is 10.2 Å². The van der Waals surface area contributed by atoms with Gasteiger partial charge in [-0.2, -0.15) is 0 Å². The third kappa shape index (κ3) is 3.31. The molecule has 3 aliphatic rings. The molecular weight excluding hydrogens is 376 g/mol. The van der Waals surface area contributed by atoms with E-state index >= 15 is 0 Å². The van der Waals surface area contributed by atoms with E-state index in [9.17, 15) is 14.7 Å². The van der Waals surface area contributed by atoms with Crippen LogP contribution in [-0.4, -0.2) is 29.6 Å². The normalized spacial score (nSPS) is 25.1.